The van der Waals surface area contributed by atoms with E-state index in [1.807, 2.05) is 0 Å². The van der Waals surface area contributed by atoms with E-state index in [2.05, 4.69) is 20.8 Å². The van der Waals surface area contributed by atoms with Crippen LogP contribution in [0.5, 0.6) is 0 Å². The molecule has 0 saturated carbocycles. The first-order chi connectivity index (χ1) is 6.63. The zero-order valence-electron chi connectivity index (χ0n) is 9.87. The summed E-state index contributed by atoms with van der Waals surface area (Å²) in [5.41, 5.74) is 0. The van der Waals surface area contributed by atoms with Crippen molar-refractivity contribution in [3.05, 3.63) is 0 Å². The standard InChI is InChI=1S/C12H26O2/c1-4-5-10(2)6-11(3)7-12(8-13)9-14/h10-14H,4-9H2,1-3H3/t10-,11-/m1/s1. The molecular formula is C12H26O2. The summed E-state index contributed by atoms with van der Waals surface area (Å²) in [7, 11) is 0. The second-order valence-corrected chi connectivity index (χ2v) is 4.70. The molecule has 0 aromatic carbocycles. The van der Waals surface area contributed by atoms with Crippen LogP contribution in [0.15, 0.2) is 0 Å². The molecule has 0 amide bonds. The molecule has 0 saturated heterocycles. The first kappa shape index (κ1) is 13.9. The molecule has 0 heterocycles. The highest BCUT2D eigenvalue weighted by molar-refractivity contribution is 4.64. The van der Waals surface area contributed by atoms with Gasteiger partial charge in [0.1, 0.15) is 0 Å². The van der Waals surface area contributed by atoms with Gasteiger partial charge in [0.25, 0.3) is 0 Å². The minimum atomic E-state index is 0.0822. The van der Waals surface area contributed by atoms with Gasteiger partial charge < -0.3 is 10.2 Å². The van der Waals surface area contributed by atoms with E-state index < -0.39 is 0 Å². The van der Waals surface area contributed by atoms with E-state index in [1.165, 1.54) is 19.3 Å². The van der Waals surface area contributed by atoms with Gasteiger partial charge >= 0.3 is 0 Å². The lowest BCUT2D eigenvalue weighted by Gasteiger charge is -2.20. The highest BCUT2D eigenvalue weighted by Gasteiger charge is 2.13. The molecule has 0 fully saturated rings. The summed E-state index contributed by atoms with van der Waals surface area (Å²) < 4.78 is 0. The summed E-state index contributed by atoms with van der Waals surface area (Å²) in [6.07, 6.45) is 4.69. The normalized spacial score (nSPS) is 15.9. The molecule has 0 aliphatic heterocycles. The number of rotatable bonds is 8. The summed E-state index contributed by atoms with van der Waals surface area (Å²) in [6, 6.07) is 0. The van der Waals surface area contributed by atoms with E-state index in [0.717, 1.165) is 12.3 Å². The van der Waals surface area contributed by atoms with E-state index in [4.69, 9.17) is 10.2 Å². The summed E-state index contributed by atoms with van der Waals surface area (Å²) in [5, 5.41) is 17.9. The molecule has 0 radical (unpaired) electrons. The molecule has 86 valence electrons. The zero-order valence-corrected chi connectivity index (χ0v) is 9.87. The Kier molecular flexibility index (Phi) is 8.20. The van der Waals surface area contributed by atoms with E-state index in [1.54, 1.807) is 0 Å². The monoisotopic (exact) mass is 202 g/mol. The molecule has 0 aromatic rings. The summed E-state index contributed by atoms with van der Waals surface area (Å²) in [6.45, 7) is 6.94. The van der Waals surface area contributed by atoms with Gasteiger partial charge in [0.15, 0.2) is 0 Å². The van der Waals surface area contributed by atoms with Crippen molar-refractivity contribution < 1.29 is 10.2 Å². The SMILES string of the molecule is CCC[C@@H](C)C[C@@H](C)CC(CO)CO. The molecule has 14 heavy (non-hydrogen) atoms. The lowest BCUT2D eigenvalue weighted by molar-refractivity contribution is 0.127. The molecule has 0 rings (SSSR count). The Labute approximate surface area is 88.3 Å². The van der Waals surface area contributed by atoms with Crippen molar-refractivity contribution in [2.24, 2.45) is 17.8 Å². The number of aliphatic hydroxyl groups is 2. The fourth-order valence-corrected chi connectivity index (χ4v) is 2.17. The number of hydrogen-bond acceptors (Lipinski definition) is 2. The topological polar surface area (TPSA) is 40.5 Å². The minimum Gasteiger partial charge on any atom is -0.396 e. The summed E-state index contributed by atoms with van der Waals surface area (Å²) in [4.78, 5) is 0. The first-order valence-corrected chi connectivity index (χ1v) is 5.85. The van der Waals surface area contributed by atoms with Crippen molar-refractivity contribution in [3.63, 3.8) is 0 Å². The van der Waals surface area contributed by atoms with Crippen LogP contribution in [0.1, 0.15) is 46.5 Å². The third-order valence-corrected chi connectivity index (χ3v) is 2.84. The molecule has 0 aromatic heterocycles. The van der Waals surface area contributed by atoms with Crippen molar-refractivity contribution in [1.29, 1.82) is 0 Å². The predicted octanol–water partition coefficient (Wildman–Crippen LogP) is 2.44. The smallest absolute Gasteiger partial charge is 0.0481 e. The van der Waals surface area contributed by atoms with Crippen LogP contribution in [-0.2, 0) is 0 Å². The highest BCUT2D eigenvalue weighted by atomic mass is 16.3. The van der Waals surface area contributed by atoms with Gasteiger partial charge in [0.2, 0.25) is 0 Å². The number of aliphatic hydroxyl groups excluding tert-OH is 2. The maximum absolute atomic E-state index is 8.95. The van der Waals surface area contributed by atoms with Crippen LogP contribution in [0.25, 0.3) is 0 Å². The van der Waals surface area contributed by atoms with E-state index >= 15 is 0 Å². The van der Waals surface area contributed by atoms with Gasteiger partial charge in [-0.3, -0.25) is 0 Å². The van der Waals surface area contributed by atoms with Gasteiger partial charge in [0.05, 0.1) is 0 Å². The van der Waals surface area contributed by atoms with Gasteiger partial charge in [-0.2, -0.15) is 0 Å². The maximum Gasteiger partial charge on any atom is 0.0481 e. The van der Waals surface area contributed by atoms with Crippen LogP contribution in [0.2, 0.25) is 0 Å². The van der Waals surface area contributed by atoms with Crippen molar-refractivity contribution in [2.45, 2.75) is 46.5 Å². The lowest BCUT2D eigenvalue weighted by Crippen LogP contribution is -2.16. The van der Waals surface area contributed by atoms with Crippen molar-refractivity contribution in [2.75, 3.05) is 13.2 Å². The Hall–Kier alpha value is -0.0800. The van der Waals surface area contributed by atoms with Crippen LogP contribution < -0.4 is 0 Å². The van der Waals surface area contributed by atoms with E-state index in [-0.39, 0.29) is 19.1 Å². The Bertz CT molecular complexity index is 121. The van der Waals surface area contributed by atoms with Crippen molar-refractivity contribution in [1.82, 2.24) is 0 Å². The molecule has 0 aliphatic rings. The van der Waals surface area contributed by atoms with Gasteiger partial charge in [-0.15, -0.1) is 0 Å². The van der Waals surface area contributed by atoms with Crippen LogP contribution >= 0.6 is 0 Å². The van der Waals surface area contributed by atoms with Crippen molar-refractivity contribution in [3.8, 4) is 0 Å². The fraction of sp³-hybridized carbons (Fsp3) is 1.00. The predicted molar refractivity (Wildman–Crippen MR) is 60.1 cm³/mol. The fourth-order valence-electron chi connectivity index (χ4n) is 2.17. The first-order valence-electron chi connectivity index (χ1n) is 5.85. The molecule has 2 nitrogen and oxygen atoms in total. The van der Waals surface area contributed by atoms with E-state index in [0.29, 0.717) is 5.92 Å². The minimum absolute atomic E-state index is 0.0822. The molecule has 0 spiro atoms. The summed E-state index contributed by atoms with van der Waals surface area (Å²) in [5.74, 6) is 1.47. The largest absolute Gasteiger partial charge is 0.396 e. The molecular weight excluding hydrogens is 176 g/mol. The van der Waals surface area contributed by atoms with Crippen molar-refractivity contribution >= 4 is 0 Å². The molecule has 2 atom stereocenters. The Balaban J connectivity index is 3.67. The second-order valence-electron chi connectivity index (χ2n) is 4.70. The third-order valence-electron chi connectivity index (χ3n) is 2.84. The average Bonchev–Trinajstić information content (AvgIpc) is 2.14. The molecule has 0 aliphatic carbocycles. The number of hydrogen-bond donors (Lipinski definition) is 2. The van der Waals surface area contributed by atoms with Gasteiger partial charge in [-0.05, 0) is 24.7 Å². The quantitative estimate of drug-likeness (QED) is 0.634. The Morgan fingerprint density at radius 3 is 1.93 bits per heavy atom. The third kappa shape index (κ3) is 6.39. The highest BCUT2D eigenvalue weighted by Crippen LogP contribution is 2.22. The molecule has 0 unspecified atom stereocenters. The van der Waals surface area contributed by atoms with Crippen LogP contribution in [0, 0.1) is 17.8 Å². The van der Waals surface area contributed by atoms with E-state index in [9.17, 15) is 0 Å². The van der Waals surface area contributed by atoms with Crippen LogP contribution in [0.4, 0.5) is 0 Å². The Morgan fingerprint density at radius 1 is 0.929 bits per heavy atom. The lowest BCUT2D eigenvalue weighted by atomic mass is 9.88. The van der Waals surface area contributed by atoms with Gasteiger partial charge in [0, 0.05) is 19.1 Å². The molecule has 2 heteroatoms. The Morgan fingerprint density at radius 2 is 1.50 bits per heavy atom. The zero-order chi connectivity index (χ0) is 11.0. The second kappa shape index (κ2) is 8.25. The van der Waals surface area contributed by atoms with Gasteiger partial charge in [-0.1, -0.05) is 33.6 Å². The van der Waals surface area contributed by atoms with Crippen LogP contribution in [0.3, 0.4) is 0 Å². The molecule has 2 N–H and O–H groups in total. The molecule has 0 bridgehead atoms. The summed E-state index contributed by atoms with van der Waals surface area (Å²) >= 11 is 0. The van der Waals surface area contributed by atoms with Gasteiger partial charge in [-0.25, -0.2) is 0 Å². The average molecular weight is 202 g/mol. The maximum atomic E-state index is 8.95. The van der Waals surface area contributed by atoms with Crippen LogP contribution in [-0.4, -0.2) is 23.4 Å².